The number of aliphatic hydroxyl groups is 1. The average molecular weight is 440 g/mol. The van der Waals surface area contributed by atoms with Gasteiger partial charge in [-0.3, -0.25) is 14.5 Å². The van der Waals surface area contributed by atoms with Gasteiger partial charge in [0.05, 0.1) is 16.1 Å². The van der Waals surface area contributed by atoms with Crippen LogP contribution in [-0.4, -0.2) is 83.5 Å². The summed E-state index contributed by atoms with van der Waals surface area (Å²) in [7, 11) is 0. The van der Waals surface area contributed by atoms with Crippen molar-refractivity contribution < 1.29 is 14.7 Å². The summed E-state index contributed by atoms with van der Waals surface area (Å²) < 4.78 is 0. The molecule has 3 rings (SSSR count). The van der Waals surface area contributed by atoms with Crippen molar-refractivity contribution >= 4 is 41.1 Å². The third-order valence-corrected chi connectivity index (χ3v) is 6.17. The Bertz CT molecular complexity index is 772. The van der Waals surface area contributed by atoms with Crippen molar-refractivity contribution in [2.75, 3.05) is 45.8 Å². The maximum absolute atomic E-state index is 12.5. The molecule has 2 amide bonds. The molecule has 8 heteroatoms. The molecule has 1 aromatic carbocycles. The number of piperidine rings is 1. The van der Waals surface area contributed by atoms with Gasteiger partial charge in [-0.2, -0.15) is 0 Å². The Hall–Kier alpha value is -1.60. The summed E-state index contributed by atoms with van der Waals surface area (Å²) in [6.45, 7) is 4.48. The van der Waals surface area contributed by atoms with Crippen LogP contribution in [0.4, 0.5) is 0 Å². The first-order valence-corrected chi connectivity index (χ1v) is 10.8. The van der Waals surface area contributed by atoms with Crippen LogP contribution in [0.2, 0.25) is 10.0 Å². The first-order valence-electron chi connectivity index (χ1n) is 10.0. The van der Waals surface area contributed by atoms with Gasteiger partial charge in [-0.15, -0.1) is 0 Å². The molecule has 29 heavy (non-hydrogen) atoms. The topological polar surface area (TPSA) is 64.1 Å². The molecule has 2 saturated heterocycles. The molecule has 2 fully saturated rings. The maximum Gasteiger partial charge on any atom is 0.246 e. The number of rotatable bonds is 5. The maximum atomic E-state index is 12.5. The number of β-amino-alcohol motifs (C(OH)–C–C–N with tert-alkyl or cyclic N) is 1. The van der Waals surface area contributed by atoms with Crippen LogP contribution in [-0.2, 0) is 9.59 Å². The number of hydrogen-bond acceptors (Lipinski definition) is 4. The molecule has 0 unspecified atom stereocenters. The number of nitrogens with zero attached hydrogens (tertiary/aromatic N) is 3. The van der Waals surface area contributed by atoms with Gasteiger partial charge in [-0.1, -0.05) is 29.3 Å². The number of benzene rings is 1. The minimum absolute atomic E-state index is 0.0753. The quantitative estimate of drug-likeness (QED) is 0.715. The lowest BCUT2D eigenvalue weighted by Gasteiger charge is -2.32. The summed E-state index contributed by atoms with van der Waals surface area (Å²) in [4.78, 5) is 30.7. The van der Waals surface area contributed by atoms with E-state index in [4.69, 9.17) is 23.2 Å². The predicted octanol–water partition coefficient (Wildman–Crippen LogP) is 2.52. The molecule has 1 aromatic rings. The molecule has 0 bridgehead atoms. The second-order valence-corrected chi connectivity index (χ2v) is 8.37. The fourth-order valence-electron chi connectivity index (χ4n) is 3.71. The molecule has 158 valence electrons. The summed E-state index contributed by atoms with van der Waals surface area (Å²) >= 11 is 11.9. The molecule has 0 spiro atoms. The smallest absolute Gasteiger partial charge is 0.246 e. The normalized spacial score (nSPS) is 21.6. The Morgan fingerprint density at radius 3 is 2.72 bits per heavy atom. The first-order chi connectivity index (χ1) is 13.9. The molecule has 0 aliphatic carbocycles. The standard InChI is InChI=1S/C21H27Cl2N3O3/c22-18-5-3-16(14-19(18)23)4-6-20(28)25-9-7-21(29)26(13-12-25)11-10-24-8-1-2-17(27)15-24/h3-6,14,17,27H,1-2,7-13,15H2/b6-4+/t17-/m0/s1. The molecule has 2 heterocycles. The predicted molar refractivity (Wildman–Crippen MR) is 115 cm³/mol. The van der Waals surface area contributed by atoms with E-state index in [0.717, 1.165) is 31.5 Å². The minimum atomic E-state index is -0.265. The highest BCUT2D eigenvalue weighted by Crippen LogP contribution is 2.23. The number of hydrogen-bond donors (Lipinski definition) is 1. The van der Waals surface area contributed by atoms with E-state index in [1.165, 1.54) is 6.08 Å². The Morgan fingerprint density at radius 1 is 1.14 bits per heavy atom. The van der Waals surface area contributed by atoms with Gasteiger partial charge in [0.15, 0.2) is 0 Å². The minimum Gasteiger partial charge on any atom is -0.392 e. The van der Waals surface area contributed by atoms with Gasteiger partial charge in [0.2, 0.25) is 11.8 Å². The molecule has 1 N–H and O–H groups in total. The van der Waals surface area contributed by atoms with Crippen LogP contribution in [0.25, 0.3) is 6.08 Å². The largest absolute Gasteiger partial charge is 0.392 e. The van der Waals surface area contributed by atoms with Gasteiger partial charge in [0.25, 0.3) is 0 Å². The monoisotopic (exact) mass is 439 g/mol. The van der Waals surface area contributed by atoms with Gasteiger partial charge >= 0.3 is 0 Å². The number of likely N-dealkylation sites (tertiary alicyclic amines) is 1. The summed E-state index contributed by atoms with van der Waals surface area (Å²) in [6, 6.07) is 5.19. The third kappa shape index (κ3) is 6.44. The number of carbonyl (C=O) groups is 2. The van der Waals surface area contributed by atoms with Gasteiger partial charge in [0.1, 0.15) is 0 Å². The Kier molecular flexibility index (Phi) is 7.95. The van der Waals surface area contributed by atoms with E-state index in [2.05, 4.69) is 4.90 Å². The van der Waals surface area contributed by atoms with Crippen LogP contribution in [0.3, 0.4) is 0 Å². The summed E-state index contributed by atoms with van der Waals surface area (Å²) in [6.07, 6.45) is 5.12. The van der Waals surface area contributed by atoms with Crippen LogP contribution in [0, 0.1) is 0 Å². The lowest BCUT2D eigenvalue weighted by Crippen LogP contribution is -2.44. The fourth-order valence-corrected chi connectivity index (χ4v) is 4.02. The molecule has 6 nitrogen and oxygen atoms in total. The van der Waals surface area contributed by atoms with Crippen molar-refractivity contribution in [2.45, 2.75) is 25.4 Å². The van der Waals surface area contributed by atoms with E-state index in [1.807, 2.05) is 4.90 Å². The highest BCUT2D eigenvalue weighted by Gasteiger charge is 2.24. The van der Waals surface area contributed by atoms with Crippen molar-refractivity contribution in [3.8, 4) is 0 Å². The van der Waals surface area contributed by atoms with Crippen LogP contribution < -0.4 is 0 Å². The molecule has 2 aliphatic heterocycles. The van der Waals surface area contributed by atoms with Crippen molar-refractivity contribution in [3.63, 3.8) is 0 Å². The highest BCUT2D eigenvalue weighted by molar-refractivity contribution is 6.42. The molecule has 0 radical (unpaired) electrons. The number of halogens is 2. The van der Waals surface area contributed by atoms with Crippen LogP contribution >= 0.6 is 23.2 Å². The molecular formula is C21H27Cl2N3O3. The van der Waals surface area contributed by atoms with Crippen LogP contribution in [0.15, 0.2) is 24.3 Å². The highest BCUT2D eigenvalue weighted by atomic mass is 35.5. The van der Waals surface area contributed by atoms with Gasteiger partial charge < -0.3 is 14.9 Å². The second kappa shape index (κ2) is 10.4. The zero-order valence-corrected chi connectivity index (χ0v) is 17.9. The van der Waals surface area contributed by atoms with E-state index in [9.17, 15) is 14.7 Å². The first kappa shape index (κ1) is 22.1. The fraction of sp³-hybridized carbons (Fsp3) is 0.524. The second-order valence-electron chi connectivity index (χ2n) is 7.56. The lowest BCUT2D eigenvalue weighted by atomic mass is 10.1. The Balaban J connectivity index is 1.51. The molecule has 2 aliphatic rings. The number of carbonyl (C=O) groups excluding carboxylic acids is 2. The van der Waals surface area contributed by atoms with Gasteiger partial charge in [-0.05, 0) is 43.2 Å². The Morgan fingerprint density at radius 2 is 1.97 bits per heavy atom. The SMILES string of the molecule is O=C(/C=C/c1ccc(Cl)c(Cl)c1)N1CCC(=O)N(CCN2CCC[C@H](O)C2)CC1. The van der Waals surface area contributed by atoms with Crippen molar-refractivity contribution in [1.29, 1.82) is 0 Å². The third-order valence-electron chi connectivity index (χ3n) is 5.43. The molecule has 1 atom stereocenters. The van der Waals surface area contributed by atoms with Gasteiger partial charge in [0, 0.05) is 51.8 Å². The van der Waals surface area contributed by atoms with E-state index >= 15 is 0 Å². The average Bonchev–Trinajstić information content (AvgIpc) is 2.89. The van der Waals surface area contributed by atoms with E-state index in [1.54, 1.807) is 29.2 Å². The van der Waals surface area contributed by atoms with Crippen molar-refractivity contribution in [3.05, 3.63) is 39.9 Å². The van der Waals surface area contributed by atoms with Crippen LogP contribution in [0.5, 0.6) is 0 Å². The zero-order chi connectivity index (χ0) is 20.8. The lowest BCUT2D eigenvalue weighted by molar-refractivity contribution is -0.130. The van der Waals surface area contributed by atoms with Crippen LogP contribution in [0.1, 0.15) is 24.8 Å². The number of aliphatic hydroxyl groups excluding tert-OH is 1. The Labute approximate surface area is 181 Å². The summed E-state index contributed by atoms with van der Waals surface area (Å²) in [5.74, 6) is -0.0452. The summed E-state index contributed by atoms with van der Waals surface area (Å²) in [5, 5.41) is 10.7. The molecule has 0 saturated carbocycles. The number of amides is 2. The van der Waals surface area contributed by atoms with E-state index in [0.29, 0.717) is 49.2 Å². The van der Waals surface area contributed by atoms with E-state index in [-0.39, 0.29) is 17.9 Å². The zero-order valence-electron chi connectivity index (χ0n) is 16.4. The van der Waals surface area contributed by atoms with Gasteiger partial charge in [-0.25, -0.2) is 0 Å². The van der Waals surface area contributed by atoms with E-state index < -0.39 is 0 Å². The van der Waals surface area contributed by atoms with Crippen molar-refractivity contribution in [2.24, 2.45) is 0 Å². The summed E-state index contributed by atoms with van der Waals surface area (Å²) in [5.41, 5.74) is 0.795. The molecular weight excluding hydrogens is 413 g/mol. The molecule has 0 aromatic heterocycles. The van der Waals surface area contributed by atoms with Crippen molar-refractivity contribution in [1.82, 2.24) is 14.7 Å².